The highest BCUT2D eigenvalue weighted by molar-refractivity contribution is 6.03. The lowest BCUT2D eigenvalue weighted by Crippen LogP contribution is -2.42. The molecule has 1 saturated heterocycles. The highest BCUT2D eigenvalue weighted by atomic mass is 16.6. The van der Waals surface area contributed by atoms with E-state index in [1.165, 1.54) is 0 Å². The number of carbonyl (C=O) groups excluding carboxylic acids is 3. The zero-order chi connectivity index (χ0) is 21.2. The molecule has 3 rings (SSSR count). The highest BCUT2D eigenvalue weighted by Gasteiger charge is 2.26. The largest absolute Gasteiger partial charge is 0.444 e. The van der Waals surface area contributed by atoms with Crippen molar-refractivity contribution in [2.45, 2.75) is 39.2 Å². The number of likely N-dealkylation sites (tertiary alicyclic amines) is 1. The first-order valence-corrected chi connectivity index (χ1v) is 10.0. The Balaban J connectivity index is 1.52. The van der Waals surface area contributed by atoms with Gasteiger partial charge in [-0.2, -0.15) is 0 Å². The fraction of sp³-hybridized carbons (Fsp3) is 0.571. The first-order valence-electron chi connectivity index (χ1n) is 10.0. The van der Waals surface area contributed by atoms with Gasteiger partial charge in [0.05, 0.1) is 17.9 Å². The number of rotatable bonds is 3. The molecule has 0 atom stereocenters. The maximum atomic E-state index is 12.9. The first-order chi connectivity index (χ1) is 13.6. The summed E-state index contributed by atoms with van der Waals surface area (Å²) in [6.45, 7) is 7.65. The number of amides is 3. The van der Waals surface area contributed by atoms with Crippen molar-refractivity contribution in [2.24, 2.45) is 5.92 Å². The van der Waals surface area contributed by atoms with Crippen LogP contribution in [0.15, 0.2) is 18.2 Å². The third kappa shape index (κ3) is 5.40. The normalized spacial score (nSPS) is 17.4. The minimum atomic E-state index is -0.511. The molecule has 2 aliphatic rings. The number of likely N-dealkylation sites (N-methyl/N-ethyl adjacent to an activating group) is 1. The zero-order valence-corrected chi connectivity index (χ0v) is 17.6. The molecule has 0 saturated carbocycles. The Morgan fingerprint density at radius 3 is 2.59 bits per heavy atom. The quantitative estimate of drug-likeness (QED) is 0.810. The Morgan fingerprint density at radius 2 is 1.93 bits per heavy atom. The second-order valence-corrected chi connectivity index (χ2v) is 8.75. The number of benzene rings is 1. The molecule has 0 spiro atoms. The Hall–Kier alpha value is -2.77. The van der Waals surface area contributed by atoms with E-state index in [0.717, 1.165) is 18.5 Å². The van der Waals surface area contributed by atoms with Crippen molar-refractivity contribution in [2.75, 3.05) is 43.4 Å². The second-order valence-electron chi connectivity index (χ2n) is 8.75. The highest BCUT2D eigenvalue weighted by Crippen LogP contribution is 2.30. The number of nitrogens with one attached hydrogen (secondary N) is 2. The topological polar surface area (TPSA) is 91.0 Å². The molecule has 1 fully saturated rings. The number of piperidine rings is 1. The van der Waals surface area contributed by atoms with Crippen molar-refractivity contribution in [3.8, 4) is 0 Å². The van der Waals surface area contributed by atoms with Crippen LogP contribution in [-0.2, 0) is 9.53 Å². The zero-order valence-electron chi connectivity index (χ0n) is 17.6. The molecule has 8 nitrogen and oxygen atoms in total. The van der Waals surface area contributed by atoms with Gasteiger partial charge in [0.15, 0.2) is 0 Å². The Bertz CT molecular complexity index is 794. The van der Waals surface area contributed by atoms with Crippen molar-refractivity contribution in [1.82, 2.24) is 10.2 Å². The van der Waals surface area contributed by atoms with Crippen molar-refractivity contribution in [3.05, 3.63) is 23.8 Å². The molecule has 2 aliphatic heterocycles. The third-order valence-corrected chi connectivity index (χ3v) is 5.15. The number of anilines is 2. The van der Waals surface area contributed by atoms with Gasteiger partial charge in [0.1, 0.15) is 5.60 Å². The predicted molar refractivity (Wildman–Crippen MR) is 111 cm³/mol. The summed E-state index contributed by atoms with van der Waals surface area (Å²) in [5, 5.41) is 5.65. The van der Waals surface area contributed by atoms with Crippen molar-refractivity contribution < 1.29 is 19.1 Å². The summed E-state index contributed by atoms with van der Waals surface area (Å²) in [4.78, 5) is 40.1. The van der Waals surface area contributed by atoms with E-state index < -0.39 is 11.7 Å². The molecule has 2 N–H and O–H groups in total. The number of carbonyl (C=O) groups is 3. The van der Waals surface area contributed by atoms with E-state index in [4.69, 9.17) is 4.74 Å². The average molecular weight is 402 g/mol. The van der Waals surface area contributed by atoms with Crippen LogP contribution in [0.25, 0.3) is 0 Å². The van der Waals surface area contributed by atoms with Crippen LogP contribution in [0.4, 0.5) is 16.2 Å². The van der Waals surface area contributed by atoms with E-state index in [0.29, 0.717) is 43.3 Å². The number of hydrogen-bond donors (Lipinski definition) is 2. The van der Waals surface area contributed by atoms with Crippen LogP contribution < -0.4 is 15.5 Å². The molecule has 0 bridgehead atoms. The third-order valence-electron chi connectivity index (χ3n) is 5.15. The summed E-state index contributed by atoms with van der Waals surface area (Å²) >= 11 is 0. The van der Waals surface area contributed by atoms with Crippen LogP contribution >= 0.6 is 0 Å². The maximum Gasteiger partial charge on any atom is 0.407 e. The van der Waals surface area contributed by atoms with E-state index in [1.54, 1.807) is 6.07 Å². The molecule has 0 unspecified atom stereocenters. The molecule has 8 heteroatoms. The van der Waals surface area contributed by atoms with E-state index in [9.17, 15) is 14.4 Å². The lowest BCUT2D eigenvalue weighted by Gasteiger charge is -2.33. The van der Waals surface area contributed by atoms with Gasteiger partial charge in [0, 0.05) is 32.2 Å². The van der Waals surface area contributed by atoms with Crippen LogP contribution in [0.1, 0.15) is 44.0 Å². The standard InChI is InChI=1S/C21H30N4O4/c1-21(2,3)29-20(28)22-12-14-7-9-25(10-8-14)19(27)15-5-6-17-16(11-15)23-18(26)13-24(17)4/h5-6,11,14H,7-10,12-13H2,1-4H3,(H,22,28)(H,23,26). The SMILES string of the molecule is CN1CC(=O)Nc2cc(C(=O)N3CCC(CNC(=O)OC(C)(C)C)CC3)ccc21. The van der Waals surface area contributed by atoms with E-state index in [2.05, 4.69) is 10.6 Å². The first kappa shape index (κ1) is 21.0. The van der Waals surface area contributed by atoms with Crippen LogP contribution in [0, 0.1) is 5.92 Å². The van der Waals surface area contributed by atoms with E-state index in [-0.39, 0.29) is 11.8 Å². The summed E-state index contributed by atoms with van der Waals surface area (Å²) in [5.41, 5.74) is 1.65. The molecule has 0 aliphatic carbocycles. The van der Waals surface area contributed by atoms with Gasteiger partial charge >= 0.3 is 6.09 Å². The predicted octanol–water partition coefficient (Wildman–Crippen LogP) is 2.45. The summed E-state index contributed by atoms with van der Waals surface area (Å²) in [7, 11) is 1.86. The van der Waals surface area contributed by atoms with Crippen molar-refractivity contribution >= 4 is 29.3 Å². The van der Waals surface area contributed by atoms with Gasteiger partial charge in [0.2, 0.25) is 5.91 Å². The van der Waals surface area contributed by atoms with Crippen LogP contribution in [0.2, 0.25) is 0 Å². The van der Waals surface area contributed by atoms with Gasteiger partial charge in [-0.15, -0.1) is 0 Å². The van der Waals surface area contributed by atoms with Crippen LogP contribution in [-0.4, -0.2) is 61.6 Å². The van der Waals surface area contributed by atoms with Gasteiger partial charge in [-0.1, -0.05) is 0 Å². The number of fused-ring (bicyclic) bond motifs is 1. The fourth-order valence-electron chi connectivity index (χ4n) is 3.66. The summed E-state index contributed by atoms with van der Waals surface area (Å²) in [5.74, 6) is 0.208. The molecule has 3 amide bonds. The molecule has 1 aromatic carbocycles. The van der Waals surface area contributed by atoms with Gasteiger partial charge in [-0.05, 0) is 57.7 Å². The summed E-state index contributed by atoms with van der Waals surface area (Å²) < 4.78 is 5.26. The number of hydrogen-bond acceptors (Lipinski definition) is 5. The van der Waals surface area contributed by atoms with Gasteiger partial charge in [-0.3, -0.25) is 9.59 Å². The van der Waals surface area contributed by atoms with Crippen molar-refractivity contribution in [3.63, 3.8) is 0 Å². The Labute approximate surface area is 171 Å². The molecule has 0 radical (unpaired) electrons. The van der Waals surface area contributed by atoms with Gasteiger partial charge in [-0.25, -0.2) is 4.79 Å². The van der Waals surface area contributed by atoms with E-state index >= 15 is 0 Å². The maximum absolute atomic E-state index is 12.9. The number of nitrogens with zero attached hydrogens (tertiary/aromatic N) is 2. The fourth-order valence-corrected chi connectivity index (χ4v) is 3.66. The molecular weight excluding hydrogens is 372 g/mol. The van der Waals surface area contributed by atoms with Crippen molar-refractivity contribution in [1.29, 1.82) is 0 Å². The Morgan fingerprint density at radius 1 is 1.24 bits per heavy atom. The Kier molecular flexibility index (Phi) is 6.00. The van der Waals surface area contributed by atoms with Crippen LogP contribution in [0.5, 0.6) is 0 Å². The molecule has 0 aromatic heterocycles. The second kappa shape index (κ2) is 8.31. The lowest BCUT2D eigenvalue weighted by molar-refractivity contribution is -0.115. The van der Waals surface area contributed by atoms with Gasteiger partial charge < -0.3 is 25.2 Å². The smallest absolute Gasteiger partial charge is 0.407 e. The number of alkyl carbamates (subject to hydrolysis) is 1. The average Bonchev–Trinajstić information content (AvgIpc) is 2.64. The van der Waals surface area contributed by atoms with Crippen LogP contribution in [0.3, 0.4) is 0 Å². The number of ether oxygens (including phenoxy) is 1. The summed E-state index contributed by atoms with van der Waals surface area (Å²) in [6.07, 6.45) is 1.25. The molecule has 158 valence electrons. The molecular formula is C21H30N4O4. The molecule has 1 aromatic rings. The monoisotopic (exact) mass is 402 g/mol. The molecule has 2 heterocycles. The van der Waals surface area contributed by atoms with Gasteiger partial charge in [0.25, 0.3) is 5.91 Å². The minimum absolute atomic E-state index is 0.0335. The minimum Gasteiger partial charge on any atom is -0.444 e. The van der Waals surface area contributed by atoms with E-state index in [1.807, 2.05) is 49.8 Å². The lowest BCUT2D eigenvalue weighted by atomic mass is 9.96. The summed E-state index contributed by atoms with van der Waals surface area (Å²) in [6, 6.07) is 5.44. The molecule has 29 heavy (non-hydrogen) atoms.